The Morgan fingerprint density at radius 2 is 1.66 bits per heavy atom. The first-order valence-electron chi connectivity index (χ1n) is 11.3. The Hall–Kier alpha value is -3.69. The van der Waals surface area contributed by atoms with Gasteiger partial charge in [-0.1, -0.05) is 35.9 Å². The third-order valence-corrected chi connectivity index (χ3v) is 8.00. The lowest BCUT2D eigenvalue weighted by molar-refractivity contribution is -0.120. The number of benzene rings is 3. The summed E-state index contributed by atoms with van der Waals surface area (Å²) in [6.45, 7) is 2.14. The van der Waals surface area contributed by atoms with Crippen LogP contribution in [-0.2, 0) is 14.8 Å². The van der Waals surface area contributed by atoms with Gasteiger partial charge in [-0.25, -0.2) is 13.1 Å². The summed E-state index contributed by atoms with van der Waals surface area (Å²) in [5.41, 5.74) is 3.45. The first-order valence-corrected chi connectivity index (χ1v) is 12.7. The van der Waals surface area contributed by atoms with Gasteiger partial charge >= 0.3 is 0 Å². The molecular formula is C26H25N3O5S. The molecule has 9 heteroatoms. The van der Waals surface area contributed by atoms with Crippen LogP contribution in [-0.4, -0.2) is 50.9 Å². The van der Waals surface area contributed by atoms with Gasteiger partial charge in [-0.15, -0.1) is 0 Å². The van der Waals surface area contributed by atoms with Crippen molar-refractivity contribution >= 4 is 27.5 Å². The van der Waals surface area contributed by atoms with Gasteiger partial charge < -0.3 is 15.0 Å². The third-order valence-electron chi connectivity index (χ3n) is 6.50. The van der Waals surface area contributed by atoms with Gasteiger partial charge in [0.1, 0.15) is 11.8 Å². The van der Waals surface area contributed by atoms with E-state index in [0.717, 1.165) is 22.4 Å². The fourth-order valence-corrected chi connectivity index (χ4v) is 5.88. The Kier molecular flexibility index (Phi) is 5.82. The number of carbonyl (C=O) groups is 2. The van der Waals surface area contributed by atoms with Crippen molar-refractivity contribution in [3.63, 3.8) is 0 Å². The highest BCUT2D eigenvalue weighted by Gasteiger charge is 2.46. The molecule has 0 radical (unpaired) electrons. The summed E-state index contributed by atoms with van der Waals surface area (Å²) in [6.07, 6.45) is 0.336. The van der Waals surface area contributed by atoms with Crippen molar-refractivity contribution in [1.82, 2.24) is 9.62 Å². The van der Waals surface area contributed by atoms with Crippen LogP contribution in [0.1, 0.15) is 22.3 Å². The zero-order chi connectivity index (χ0) is 24.7. The maximum atomic E-state index is 13.5. The van der Waals surface area contributed by atoms with Gasteiger partial charge in [0, 0.05) is 6.54 Å². The van der Waals surface area contributed by atoms with Crippen LogP contribution < -0.4 is 14.8 Å². The van der Waals surface area contributed by atoms with E-state index in [0.29, 0.717) is 17.7 Å². The van der Waals surface area contributed by atoms with E-state index < -0.39 is 28.0 Å². The predicted molar refractivity (Wildman–Crippen MR) is 132 cm³/mol. The van der Waals surface area contributed by atoms with Gasteiger partial charge in [0.15, 0.2) is 0 Å². The van der Waals surface area contributed by atoms with Crippen LogP contribution in [0.5, 0.6) is 5.75 Å². The SMILES string of the molecule is COc1ccc(-c2ccc3c(c2)C(=O)N2CCC(NS(=O)(=O)c4ccc(C)cc4)C2C(=O)N3)cc1. The van der Waals surface area contributed by atoms with Crippen LogP contribution in [0.15, 0.2) is 71.6 Å². The number of carbonyl (C=O) groups excluding carboxylic acids is 2. The number of hydrogen-bond donors (Lipinski definition) is 2. The number of aryl methyl sites for hydroxylation is 1. The predicted octanol–water partition coefficient (Wildman–Crippen LogP) is 3.18. The highest BCUT2D eigenvalue weighted by molar-refractivity contribution is 7.89. The molecule has 0 saturated carbocycles. The molecule has 1 saturated heterocycles. The summed E-state index contributed by atoms with van der Waals surface area (Å²) in [5, 5.41) is 2.83. The number of hydrogen-bond acceptors (Lipinski definition) is 5. The first-order chi connectivity index (χ1) is 16.8. The second-order valence-electron chi connectivity index (χ2n) is 8.75. The highest BCUT2D eigenvalue weighted by atomic mass is 32.2. The largest absolute Gasteiger partial charge is 0.497 e. The molecule has 5 rings (SSSR count). The number of ether oxygens (including phenoxy) is 1. The van der Waals surface area contributed by atoms with Crippen molar-refractivity contribution in [1.29, 1.82) is 0 Å². The van der Waals surface area contributed by atoms with Crippen molar-refractivity contribution < 1.29 is 22.7 Å². The van der Waals surface area contributed by atoms with Gasteiger partial charge in [0.2, 0.25) is 15.9 Å². The maximum absolute atomic E-state index is 13.5. The number of anilines is 1. The minimum Gasteiger partial charge on any atom is -0.497 e. The molecule has 2 atom stereocenters. The molecule has 2 N–H and O–H groups in total. The summed E-state index contributed by atoms with van der Waals surface area (Å²) < 4.78 is 33.8. The molecule has 35 heavy (non-hydrogen) atoms. The Bertz CT molecular complexity index is 1400. The van der Waals surface area contributed by atoms with Crippen LogP contribution in [0, 0.1) is 6.92 Å². The second kappa shape index (κ2) is 8.83. The standard InChI is InChI=1S/C26H25N3O5S/c1-16-3-10-20(11-4-16)35(32,33)28-23-13-14-29-24(23)25(30)27-22-12-7-18(15-21(22)26(29)31)17-5-8-19(34-2)9-6-17/h3-12,15,23-24,28H,13-14H2,1-2H3,(H,27,30). The Labute approximate surface area is 204 Å². The molecular weight excluding hydrogens is 466 g/mol. The van der Waals surface area contributed by atoms with Gasteiger partial charge in [-0.2, -0.15) is 0 Å². The summed E-state index contributed by atoms with van der Waals surface area (Å²) in [4.78, 5) is 28.2. The molecule has 3 aromatic rings. The average Bonchev–Trinajstić information content (AvgIpc) is 3.22. The van der Waals surface area contributed by atoms with Gasteiger partial charge in [0.25, 0.3) is 5.91 Å². The van der Waals surface area contributed by atoms with Crippen molar-refractivity contribution in [2.75, 3.05) is 19.0 Å². The number of fused-ring (bicyclic) bond motifs is 2. The summed E-state index contributed by atoms with van der Waals surface area (Å²) in [5.74, 6) is 0.00467. The van der Waals surface area contributed by atoms with E-state index in [-0.39, 0.29) is 17.3 Å². The number of nitrogens with one attached hydrogen (secondary N) is 2. The number of nitrogens with zero attached hydrogens (tertiary/aromatic N) is 1. The first kappa shape index (κ1) is 23.1. The van der Waals surface area contributed by atoms with Gasteiger partial charge in [0.05, 0.1) is 29.3 Å². The molecule has 0 aliphatic carbocycles. The molecule has 2 unspecified atom stereocenters. The van der Waals surface area contributed by atoms with E-state index in [9.17, 15) is 18.0 Å². The van der Waals surface area contributed by atoms with E-state index >= 15 is 0 Å². The smallest absolute Gasteiger partial charge is 0.256 e. The van der Waals surface area contributed by atoms with Crippen LogP contribution >= 0.6 is 0 Å². The molecule has 0 aromatic heterocycles. The van der Waals surface area contributed by atoms with E-state index in [1.807, 2.05) is 37.3 Å². The molecule has 0 bridgehead atoms. The van der Waals surface area contributed by atoms with E-state index in [1.165, 1.54) is 17.0 Å². The lowest BCUT2D eigenvalue weighted by Gasteiger charge is -2.25. The van der Waals surface area contributed by atoms with Crippen molar-refractivity contribution in [3.8, 4) is 16.9 Å². The molecule has 0 spiro atoms. The Morgan fingerprint density at radius 3 is 2.34 bits per heavy atom. The zero-order valence-electron chi connectivity index (χ0n) is 19.3. The van der Waals surface area contributed by atoms with Gasteiger partial charge in [-0.05, 0) is 60.9 Å². The quantitative estimate of drug-likeness (QED) is 0.571. The lowest BCUT2D eigenvalue weighted by Crippen LogP contribution is -2.51. The van der Waals surface area contributed by atoms with Crippen molar-refractivity contribution in [2.24, 2.45) is 0 Å². The molecule has 1 fully saturated rings. The third kappa shape index (κ3) is 4.28. The monoisotopic (exact) mass is 491 g/mol. The molecule has 3 aromatic carbocycles. The van der Waals surface area contributed by atoms with E-state index in [4.69, 9.17) is 4.74 Å². The number of rotatable bonds is 5. The minimum absolute atomic E-state index is 0.120. The molecule has 8 nitrogen and oxygen atoms in total. The van der Waals surface area contributed by atoms with Crippen molar-refractivity contribution in [3.05, 3.63) is 77.9 Å². The maximum Gasteiger partial charge on any atom is 0.256 e. The second-order valence-corrected chi connectivity index (χ2v) is 10.5. The van der Waals surface area contributed by atoms with Crippen LogP contribution in [0.2, 0.25) is 0 Å². The van der Waals surface area contributed by atoms with Crippen LogP contribution in [0.25, 0.3) is 11.1 Å². The van der Waals surface area contributed by atoms with Gasteiger partial charge in [-0.3, -0.25) is 9.59 Å². The Morgan fingerprint density at radius 1 is 0.971 bits per heavy atom. The summed E-state index contributed by atoms with van der Waals surface area (Å²) in [7, 11) is -2.26. The number of amides is 2. The molecule has 2 heterocycles. The normalized spacial score (nSPS) is 19.5. The molecule has 2 aliphatic rings. The number of methoxy groups -OCH3 is 1. The molecule has 2 amide bonds. The van der Waals surface area contributed by atoms with Crippen molar-refractivity contribution in [2.45, 2.75) is 30.3 Å². The summed E-state index contributed by atoms with van der Waals surface area (Å²) in [6, 6.07) is 17.6. The minimum atomic E-state index is -3.86. The lowest BCUT2D eigenvalue weighted by atomic mass is 10.0. The zero-order valence-corrected chi connectivity index (χ0v) is 20.1. The van der Waals surface area contributed by atoms with E-state index in [1.54, 1.807) is 31.4 Å². The fraction of sp³-hybridized carbons (Fsp3) is 0.231. The topological polar surface area (TPSA) is 105 Å². The fourth-order valence-electron chi connectivity index (χ4n) is 4.61. The number of sulfonamides is 1. The highest BCUT2D eigenvalue weighted by Crippen LogP contribution is 2.33. The van der Waals surface area contributed by atoms with Crippen LogP contribution in [0.3, 0.4) is 0 Å². The molecule has 2 aliphatic heterocycles. The average molecular weight is 492 g/mol. The molecule has 180 valence electrons. The van der Waals surface area contributed by atoms with E-state index in [2.05, 4.69) is 10.0 Å². The Balaban J connectivity index is 1.43. The van der Waals surface area contributed by atoms with Crippen LogP contribution in [0.4, 0.5) is 5.69 Å². The summed E-state index contributed by atoms with van der Waals surface area (Å²) >= 11 is 0.